The van der Waals surface area contributed by atoms with Gasteiger partial charge in [-0.2, -0.15) is 0 Å². The second kappa shape index (κ2) is 4.75. The predicted molar refractivity (Wildman–Crippen MR) is 50.7 cm³/mol. The molecule has 1 aliphatic rings. The SMILES string of the molecule is CCOC(=O)[C@@H](CC)C1(C)OCCO1. The molecule has 1 aliphatic heterocycles. The van der Waals surface area contributed by atoms with E-state index in [1.54, 1.807) is 13.8 Å². The molecule has 0 aromatic heterocycles. The third kappa shape index (κ3) is 2.25. The average molecular weight is 202 g/mol. The number of esters is 1. The van der Waals surface area contributed by atoms with Gasteiger partial charge in [-0.1, -0.05) is 6.92 Å². The van der Waals surface area contributed by atoms with E-state index >= 15 is 0 Å². The van der Waals surface area contributed by atoms with Crippen LogP contribution in [0, 0.1) is 5.92 Å². The van der Waals surface area contributed by atoms with Gasteiger partial charge in [0, 0.05) is 0 Å². The normalized spacial score (nSPS) is 21.9. The summed E-state index contributed by atoms with van der Waals surface area (Å²) in [5.74, 6) is -1.36. The predicted octanol–water partition coefficient (Wildman–Crippen LogP) is 1.34. The molecule has 0 aliphatic carbocycles. The first-order valence-electron chi connectivity index (χ1n) is 5.08. The second-order valence-electron chi connectivity index (χ2n) is 3.43. The van der Waals surface area contributed by atoms with Crippen molar-refractivity contribution in [2.45, 2.75) is 33.0 Å². The molecule has 4 nitrogen and oxygen atoms in total. The molecule has 0 N–H and O–H groups in total. The number of hydrogen-bond acceptors (Lipinski definition) is 4. The Morgan fingerprint density at radius 2 is 2.00 bits per heavy atom. The van der Waals surface area contributed by atoms with Gasteiger partial charge in [0.1, 0.15) is 5.92 Å². The van der Waals surface area contributed by atoms with Gasteiger partial charge in [0.2, 0.25) is 0 Å². The van der Waals surface area contributed by atoms with Crippen molar-refractivity contribution in [3.05, 3.63) is 0 Å². The van der Waals surface area contributed by atoms with Crippen LogP contribution >= 0.6 is 0 Å². The lowest BCUT2D eigenvalue weighted by atomic mass is 9.97. The Balaban J connectivity index is 2.64. The van der Waals surface area contributed by atoms with Gasteiger partial charge in [-0.05, 0) is 20.3 Å². The van der Waals surface area contributed by atoms with Gasteiger partial charge in [0.25, 0.3) is 0 Å². The molecule has 14 heavy (non-hydrogen) atoms. The van der Waals surface area contributed by atoms with Crippen molar-refractivity contribution in [3.63, 3.8) is 0 Å². The highest BCUT2D eigenvalue weighted by molar-refractivity contribution is 5.73. The van der Waals surface area contributed by atoms with Crippen LogP contribution < -0.4 is 0 Å². The first kappa shape index (κ1) is 11.5. The largest absolute Gasteiger partial charge is 0.466 e. The van der Waals surface area contributed by atoms with E-state index < -0.39 is 5.79 Å². The Morgan fingerprint density at radius 3 is 2.43 bits per heavy atom. The molecule has 0 amide bonds. The summed E-state index contributed by atoms with van der Waals surface area (Å²) < 4.78 is 15.8. The van der Waals surface area contributed by atoms with Gasteiger partial charge in [0.05, 0.1) is 19.8 Å². The number of hydrogen-bond donors (Lipinski definition) is 0. The van der Waals surface area contributed by atoms with Crippen LogP contribution in [0.3, 0.4) is 0 Å². The van der Waals surface area contributed by atoms with E-state index in [9.17, 15) is 4.79 Å². The third-order valence-electron chi connectivity index (χ3n) is 2.47. The molecule has 0 spiro atoms. The fourth-order valence-electron chi connectivity index (χ4n) is 1.73. The van der Waals surface area contributed by atoms with Gasteiger partial charge >= 0.3 is 5.97 Å². The summed E-state index contributed by atoms with van der Waals surface area (Å²) in [6, 6.07) is 0. The Hall–Kier alpha value is -0.610. The maximum Gasteiger partial charge on any atom is 0.314 e. The number of carbonyl (C=O) groups is 1. The maximum atomic E-state index is 11.6. The average Bonchev–Trinajstić information content (AvgIpc) is 2.54. The van der Waals surface area contributed by atoms with Crippen molar-refractivity contribution in [2.24, 2.45) is 5.92 Å². The fraction of sp³-hybridized carbons (Fsp3) is 0.900. The molecule has 4 heteroatoms. The molecular weight excluding hydrogens is 184 g/mol. The lowest BCUT2D eigenvalue weighted by molar-refractivity contribution is -0.200. The molecule has 0 radical (unpaired) electrons. The van der Waals surface area contributed by atoms with Crippen molar-refractivity contribution >= 4 is 5.97 Å². The summed E-state index contributed by atoms with van der Waals surface area (Å²) >= 11 is 0. The minimum atomic E-state index is -0.791. The van der Waals surface area contributed by atoms with Crippen LogP contribution in [0.2, 0.25) is 0 Å². The summed E-state index contributed by atoms with van der Waals surface area (Å²) in [5, 5.41) is 0. The summed E-state index contributed by atoms with van der Waals surface area (Å²) in [5.41, 5.74) is 0. The molecule has 82 valence electrons. The molecule has 1 atom stereocenters. The van der Waals surface area contributed by atoms with Crippen LogP contribution in [-0.4, -0.2) is 31.6 Å². The molecule has 0 aromatic rings. The van der Waals surface area contributed by atoms with Crippen molar-refractivity contribution in [1.82, 2.24) is 0 Å². The first-order chi connectivity index (χ1) is 6.64. The van der Waals surface area contributed by atoms with Crippen LogP contribution in [0.4, 0.5) is 0 Å². The van der Waals surface area contributed by atoms with E-state index in [1.807, 2.05) is 6.92 Å². The zero-order chi connectivity index (χ0) is 10.6. The Labute approximate surface area is 84.5 Å². The zero-order valence-electron chi connectivity index (χ0n) is 9.04. The fourth-order valence-corrected chi connectivity index (χ4v) is 1.73. The summed E-state index contributed by atoms with van der Waals surface area (Å²) in [4.78, 5) is 11.6. The maximum absolute atomic E-state index is 11.6. The monoisotopic (exact) mass is 202 g/mol. The van der Waals surface area contributed by atoms with Crippen molar-refractivity contribution in [2.75, 3.05) is 19.8 Å². The summed E-state index contributed by atoms with van der Waals surface area (Å²) in [6.45, 7) is 7.01. The Morgan fingerprint density at radius 1 is 1.43 bits per heavy atom. The van der Waals surface area contributed by atoms with E-state index in [0.717, 1.165) is 0 Å². The van der Waals surface area contributed by atoms with Crippen molar-refractivity contribution in [3.8, 4) is 0 Å². The van der Waals surface area contributed by atoms with E-state index in [1.165, 1.54) is 0 Å². The highest BCUT2D eigenvalue weighted by Gasteiger charge is 2.43. The number of ether oxygens (including phenoxy) is 3. The zero-order valence-corrected chi connectivity index (χ0v) is 9.04. The number of rotatable bonds is 4. The van der Waals surface area contributed by atoms with E-state index in [-0.39, 0.29) is 11.9 Å². The third-order valence-corrected chi connectivity index (χ3v) is 2.47. The lowest BCUT2D eigenvalue weighted by Crippen LogP contribution is -2.41. The molecular formula is C10H18O4. The van der Waals surface area contributed by atoms with Gasteiger partial charge in [-0.3, -0.25) is 4.79 Å². The van der Waals surface area contributed by atoms with Crippen molar-refractivity contribution < 1.29 is 19.0 Å². The smallest absolute Gasteiger partial charge is 0.314 e. The molecule has 1 rings (SSSR count). The Bertz CT molecular complexity index is 196. The highest BCUT2D eigenvalue weighted by atomic mass is 16.7. The summed E-state index contributed by atoms with van der Waals surface area (Å²) in [7, 11) is 0. The topological polar surface area (TPSA) is 44.8 Å². The molecule has 0 aromatic carbocycles. The molecule has 0 unspecified atom stereocenters. The quantitative estimate of drug-likeness (QED) is 0.645. The van der Waals surface area contributed by atoms with Crippen LogP contribution in [0.15, 0.2) is 0 Å². The number of carbonyl (C=O) groups excluding carboxylic acids is 1. The molecule has 0 saturated carbocycles. The Kier molecular flexibility index (Phi) is 3.89. The summed E-state index contributed by atoms with van der Waals surface area (Å²) in [6.07, 6.45) is 0.662. The van der Waals surface area contributed by atoms with E-state index in [4.69, 9.17) is 14.2 Å². The first-order valence-corrected chi connectivity index (χ1v) is 5.08. The molecule has 1 fully saturated rings. The highest BCUT2D eigenvalue weighted by Crippen LogP contribution is 2.30. The second-order valence-corrected chi connectivity index (χ2v) is 3.43. The lowest BCUT2D eigenvalue weighted by Gasteiger charge is -2.29. The standard InChI is InChI=1S/C10H18O4/c1-4-8(9(11)12-5-2)10(3)13-6-7-14-10/h8H,4-7H2,1-3H3/t8-/m1/s1. The van der Waals surface area contributed by atoms with Crippen LogP contribution in [0.25, 0.3) is 0 Å². The van der Waals surface area contributed by atoms with Crippen LogP contribution in [0.1, 0.15) is 27.2 Å². The van der Waals surface area contributed by atoms with Gasteiger partial charge in [0.15, 0.2) is 5.79 Å². The van der Waals surface area contributed by atoms with Gasteiger partial charge in [-0.15, -0.1) is 0 Å². The van der Waals surface area contributed by atoms with E-state index in [2.05, 4.69) is 0 Å². The minimum Gasteiger partial charge on any atom is -0.466 e. The van der Waals surface area contributed by atoms with Gasteiger partial charge in [-0.25, -0.2) is 0 Å². The van der Waals surface area contributed by atoms with E-state index in [0.29, 0.717) is 26.2 Å². The van der Waals surface area contributed by atoms with Crippen LogP contribution in [-0.2, 0) is 19.0 Å². The molecule has 0 bridgehead atoms. The molecule has 1 heterocycles. The molecule has 1 saturated heterocycles. The van der Waals surface area contributed by atoms with Crippen LogP contribution in [0.5, 0.6) is 0 Å². The minimum absolute atomic E-state index is 0.237. The van der Waals surface area contributed by atoms with Crippen molar-refractivity contribution in [1.29, 1.82) is 0 Å². The van der Waals surface area contributed by atoms with Gasteiger partial charge < -0.3 is 14.2 Å².